The highest BCUT2D eigenvalue weighted by Crippen LogP contribution is 2.16. The topological polar surface area (TPSA) is 50.9 Å². The molecule has 0 aromatic carbocycles. The molecular formula is C14H15N3. The summed E-state index contributed by atoms with van der Waals surface area (Å²) in [5.41, 5.74) is 7.43. The molecule has 0 bridgehead atoms. The third kappa shape index (κ3) is 3.34. The molecule has 0 unspecified atom stereocenters. The molecule has 1 aromatic rings. The number of nitrogens with two attached hydrogens (primary N) is 1. The van der Waals surface area contributed by atoms with Gasteiger partial charge in [-0.1, -0.05) is 30.4 Å². The monoisotopic (exact) mass is 225 g/mol. The average Bonchev–Trinajstić information content (AvgIpc) is 2.46. The molecule has 0 fully saturated rings. The van der Waals surface area contributed by atoms with Crippen LogP contribution in [0.5, 0.6) is 0 Å². The molecule has 0 spiro atoms. The summed E-state index contributed by atoms with van der Waals surface area (Å²) in [6.45, 7) is 0. The number of aromatic nitrogens is 1. The number of nitrogens with zero attached hydrogens (tertiary/aromatic N) is 1. The molecule has 2 rings (SSSR count). The third-order valence-electron chi connectivity index (χ3n) is 2.31. The first-order valence-corrected chi connectivity index (χ1v) is 5.54. The minimum Gasteiger partial charge on any atom is -0.396 e. The van der Waals surface area contributed by atoms with E-state index < -0.39 is 0 Å². The highest BCUT2D eigenvalue weighted by Gasteiger charge is 1.99. The van der Waals surface area contributed by atoms with Crippen molar-refractivity contribution >= 4 is 11.5 Å². The first-order valence-electron chi connectivity index (χ1n) is 5.54. The lowest BCUT2D eigenvalue weighted by Gasteiger charge is -2.07. The lowest BCUT2D eigenvalue weighted by atomic mass is 10.3. The highest BCUT2D eigenvalue weighted by molar-refractivity contribution is 5.64. The van der Waals surface area contributed by atoms with Crippen molar-refractivity contribution in [3.63, 3.8) is 0 Å². The van der Waals surface area contributed by atoms with Crippen LogP contribution in [0.4, 0.5) is 11.5 Å². The Morgan fingerprint density at radius 2 is 2.06 bits per heavy atom. The highest BCUT2D eigenvalue weighted by atomic mass is 15.0. The van der Waals surface area contributed by atoms with Crippen molar-refractivity contribution in [2.75, 3.05) is 11.1 Å². The number of hydrogen-bond acceptors (Lipinski definition) is 3. The van der Waals surface area contributed by atoms with Crippen LogP contribution in [0.3, 0.4) is 0 Å². The van der Waals surface area contributed by atoms with Crippen molar-refractivity contribution in [3.8, 4) is 0 Å². The molecule has 3 heteroatoms. The van der Waals surface area contributed by atoms with Gasteiger partial charge < -0.3 is 11.1 Å². The fraction of sp³-hybridized carbons (Fsp3) is 0.0714. The lowest BCUT2D eigenvalue weighted by molar-refractivity contribution is 1.29. The van der Waals surface area contributed by atoms with Gasteiger partial charge in [-0.3, -0.25) is 0 Å². The van der Waals surface area contributed by atoms with Crippen molar-refractivity contribution in [2.24, 2.45) is 0 Å². The summed E-state index contributed by atoms with van der Waals surface area (Å²) in [7, 11) is 0. The maximum Gasteiger partial charge on any atom is 0.153 e. The normalized spacial score (nSPS) is 23.4. The Kier molecular flexibility index (Phi) is 3.76. The van der Waals surface area contributed by atoms with E-state index in [1.807, 2.05) is 42.5 Å². The molecule has 1 aliphatic carbocycles. The van der Waals surface area contributed by atoms with Gasteiger partial charge in [0.15, 0.2) is 5.82 Å². The summed E-state index contributed by atoms with van der Waals surface area (Å²) in [4.78, 5) is 4.20. The smallest absolute Gasteiger partial charge is 0.153 e. The molecule has 3 N–H and O–H groups in total. The Hall–Kier alpha value is -2.29. The first kappa shape index (κ1) is 11.2. The van der Waals surface area contributed by atoms with E-state index in [1.54, 1.807) is 6.20 Å². The Labute approximate surface area is 101 Å². The van der Waals surface area contributed by atoms with Gasteiger partial charge in [0.1, 0.15) is 0 Å². The van der Waals surface area contributed by atoms with Gasteiger partial charge in [-0.05, 0) is 30.7 Å². The SMILES string of the molecule is Nc1cccnc1NC1=C/C=C\C\C=C/C=C\1. The molecule has 0 saturated heterocycles. The van der Waals surface area contributed by atoms with Crippen LogP contribution in [0.25, 0.3) is 0 Å². The van der Waals surface area contributed by atoms with Crippen LogP contribution in [-0.4, -0.2) is 4.98 Å². The van der Waals surface area contributed by atoms with Crippen molar-refractivity contribution < 1.29 is 0 Å². The molecule has 1 aromatic heterocycles. The first-order chi connectivity index (χ1) is 8.36. The molecule has 1 aliphatic rings. The van der Waals surface area contributed by atoms with Crippen molar-refractivity contribution in [3.05, 3.63) is 66.6 Å². The zero-order chi connectivity index (χ0) is 11.9. The molecule has 0 atom stereocenters. The molecule has 86 valence electrons. The molecule has 0 saturated carbocycles. The molecule has 0 amide bonds. The van der Waals surface area contributed by atoms with Crippen molar-refractivity contribution in [1.82, 2.24) is 4.98 Å². The largest absolute Gasteiger partial charge is 0.396 e. The molecule has 3 nitrogen and oxygen atoms in total. The Morgan fingerprint density at radius 1 is 1.18 bits per heavy atom. The van der Waals surface area contributed by atoms with Gasteiger partial charge in [-0.2, -0.15) is 0 Å². The average molecular weight is 225 g/mol. The van der Waals surface area contributed by atoms with Gasteiger partial charge in [0.2, 0.25) is 0 Å². The Balaban J connectivity index is 2.19. The number of rotatable bonds is 2. The van der Waals surface area contributed by atoms with Gasteiger partial charge in [0.25, 0.3) is 0 Å². The van der Waals surface area contributed by atoms with Gasteiger partial charge in [0.05, 0.1) is 5.69 Å². The van der Waals surface area contributed by atoms with E-state index in [2.05, 4.69) is 22.5 Å². The van der Waals surface area contributed by atoms with Crippen molar-refractivity contribution in [1.29, 1.82) is 0 Å². The van der Waals surface area contributed by atoms with E-state index in [1.165, 1.54) is 0 Å². The molecule has 1 heterocycles. The summed E-state index contributed by atoms with van der Waals surface area (Å²) < 4.78 is 0. The van der Waals surface area contributed by atoms with Crippen LogP contribution < -0.4 is 11.1 Å². The number of nitrogens with one attached hydrogen (secondary N) is 1. The van der Waals surface area contributed by atoms with Crippen LogP contribution in [0.1, 0.15) is 6.42 Å². The predicted octanol–water partition coefficient (Wildman–Crippen LogP) is 3.03. The van der Waals surface area contributed by atoms with Crippen LogP contribution >= 0.6 is 0 Å². The summed E-state index contributed by atoms with van der Waals surface area (Å²) >= 11 is 0. The molecular weight excluding hydrogens is 210 g/mol. The number of hydrogen-bond donors (Lipinski definition) is 2. The number of anilines is 2. The van der Waals surface area contributed by atoms with E-state index in [0.717, 1.165) is 12.1 Å². The van der Waals surface area contributed by atoms with Gasteiger partial charge in [0, 0.05) is 11.9 Å². The second-order valence-electron chi connectivity index (χ2n) is 3.64. The van der Waals surface area contributed by atoms with Crippen LogP contribution in [0.2, 0.25) is 0 Å². The quantitative estimate of drug-likeness (QED) is 0.813. The minimum atomic E-state index is 0.640. The number of nitrogen functional groups attached to an aromatic ring is 1. The lowest BCUT2D eigenvalue weighted by Crippen LogP contribution is -2.02. The van der Waals surface area contributed by atoms with E-state index in [-0.39, 0.29) is 0 Å². The second-order valence-corrected chi connectivity index (χ2v) is 3.64. The minimum absolute atomic E-state index is 0.640. The fourth-order valence-corrected chi connectivity index (χ4v) is 1.44. The summed E-state index contributed by atoms with van der Waals surface area (Å²) in [6, 6.07) is 3.64. The molecule has 0 aliphatic heterocycles. The standard InChI is InChI=1S/C14H15N3/c15-13-10-7-11-16-14(13)17-12-8-5-3-1-2-4-6-9-12/h1,3-11H,2,15H2,(H,16,17)/b3-1-,6-4-,8-5-,12-9+. The zero-order valence-electron chi connectivity index (χ0n) is 9.51. The van der Waals surface area contributed by atoms with Gasteiger partial charge in [-0.25, -0.2) is 4.98 Å². The molecule has 0 radical (unpaired) electrons. The van der Waals surface area contributed by atoms with Gasteiger partial charge >= 0.3 is 0 Å². The van der Waals surface area contributed by atoms with Crippen LogP contribution in [-0.2, 0) is 0 Å². The molecule has 17 heavy (non-hydrogen) atoms. The zero-order valence-corrected chi connectivity index (χ0v) is 9.51. The third-order valence-corrected chi connectivity index (χ3v) is 2.31. The van der Waals surface area contributed by atoms with Gasteiger partial charge in [-0.15, -0.1) is 0 Å². The van der Waals surface area contributed by atoms with Crippen LogP contribution in [0.15, 0.2) is 66.6 Å². The van der Waals surface area contributed by atoms with E-state index in [9.17, 15) is 0 Å². The number of pyridine rings is 1. The van der Waals surface area contributed by atoms with E-state index in [0.29, 0.717) is 11.5 Å². The predicted molar refractivity (Wildman–Crippen MR) is 72.4 cm³/mol. The maximum absolute atomic E-state index is 5.83. The summed E-state index contributed by atoms with van der Waals surface area (Å²) in [5.74, 6) is 0.681. The fourth-order valence-electron chi connectivity index (χ4n) is 1.44. The summed E-state index contributed by atoms with van der Waals surface area (Å²) in [6.07, 6.45) is 16.9. The maximum atomic E-state index is 5.83. The Bertz CT molecular complexity index is 496. The van der Waals surface area contributed by atoms with E-state index in [4.69, 9.17) is 5.73 Å². The summed E-state index contributed by atoms with van der Waals surface area (Å²) in [5, 5.41) is 3.20. The number of allylic oxidation sites excluding steroid dienone is 7. The second kappa shape index (κ2) is 5.70. The van der Waals surface area contributed by atoms with Crippen molar-refractivity contribution in [2.45, 2.75) is 6.42 Å². The Morgan fingerprint density at radius 3 is 2.94 bits per heavy atom. The van der Waals surface area contributed by atoms with E-state index >= 15 is 0 Å². The van der Waals surface area contributed by atoms with Crippen LogP contribution in [0, 0.1) is 0 Å².